The van der Waals surface area contributed by atoms with Crippen LogP contribution in [0.2, 0.25) is 0 Å². The molecule has 0 spiro atoms. The number of benzene rings is 2. The molecule has 0 aliphatic carbocycles. The molecule has 0 saturated heterocycles. The SMILES string of the molecule is Cc1c(C)c2c(c(C)c1O)CCC(C)(C(=O)N=Nc1c(O)n(C)c3ccccc13)O2. The van der Waals surface area contributed by atoms with Crippen LogP contribution in [0.4, 0.5) is 5.69 Å². The lowest BCUT2D eigenvalue weighted by Gasteiger charge is -2.35. The topological polar surface area (TPSA) is 96.4 Å². The number of rotatable bonds is 2. The number of phenolic OH excluding ortho intramolecular Hbond substituents is 1. The molecule has 0 fully saturated rings. The van der Waals surface area contributed by atoms with Gasteiger partial charge in [0, 0.05) is 24.4 Å². The lowest BCUT2D eigenvalue weighted by atomic mass is 9.87. The summed E-state index contributed by atoms with van der Waals surface area (Å²) in [6.45, 7) is 7.27. The van der Waals surface area contributed by atoms with Gasteiger partial charge in [0.15, 0.2) is 11.3 Å². The lowest BCUT2D eigenvalue weighted by molar-refractivity contribution is -0.133. The van der Waals surface area contributed by atoms with Crippen LogP contribution in [0, 0.1) is 20.8 Å². The zero-order chi connectivity index (χ0) is 21.8. The summed E-state index contributed by atoms with van der Waals surface area (Å²) >= 11 is 0. The number of para-hydroxylation sites is 1. The van der Waals surface area contributed by atoms with Crippen LogP contribution < -0.4 is 4.74 Å². The first-order valence-electron chi connectivity index (χ1n) is 9.89. The predicted molar refractivity (Wildman–Crippen MR) is 114 cm³/mol. The number of ether oxygens (including phenoxy) is 1. The van der Waals surface area contributed by atoms with Gasteiger partial charge in [0.25, 0.3) is 0 Å². The lowest BCUT2D eigenvalue weighted by Crippen LogP contribution is -2.43. The Hall–Kier alpha value is -3.35. The summed E-state index contributed by atoms with van der Waals surface area (Å²) in [4.78, 5) is 13.0. The van der Waals surface area contributed by atoms with Crippen molar-refractivity contribution in [3.63, 3.8) is 0 Å². The van der Waals surface area contributed by atoms with Crippen molar-refractivity contribution in [1.82, 2.24) is 4.57 Å². The first-order valence-corrected chi connectivity index (χ1v) is 9.89. The van der Waals surface area contributed by atoms with E-state index in [1.807, 2.05) is 45.0 Å². The molecule has 3 aromatic rings. The molecule has 156 valence electrons. The van der Waals surface area contributed by atoms with Gasteiger partial charge in [0.05, 0.1) is 5.52 Å². The van der Waals surface area contributed by atoms with E-state index in [0.29, 0.717) is 24.0 Å². The van der Waals surface area contributed by atoms with Gasteiger partial charge in [0.1, 0.15) is 11.5 Å². The number of carbonyl (C=O) groups is 1. The minimum absolute atomic E-state index is 0.0506. The van der Waals surface area contributed by atoms with Crippen LogP contribution in [0.1, 0.15) is 35.6 Å². The highest BCUT2D eigenvalue weighted by atomic mass is 16.5. The molecule has 1 atom stereocenters. The molecule has 2 aromatic carbocycles. The zero-order valence-electron chi connectivity index (χ0n) is 17.8. The van der Waals surface area contributed by atoms with Gasteiger partial charge < -0.3 is 19.5 Å². The molecule has 30 heavy (non-hydrogen) atoms. The number of azo groups is 1. The van der Waals surface area contributed by atoms with E-state index in [-0.39, 0.29) is 17.3 Å². The van der Waals surface area contributed by atoms with Gasteiger partial charge in [-0.15, -0.1) is 10.2 Å². The van der Waals surface area contributed by atoms with E-state index in [4.69, 9.17) is 4.74 Å². The van der Waals surface area contributed by atoms with Gasteiger partial charge in [-0.05, 0) is 56.9 Å². The average molecular weight is 407 g/mol. The van der Waals surface area contributed by atoms with Gasteiger partial charge in [0.2, 0.25) is 5.88 Å². The van der Waals surface area contributed by atoms with Crippen LogP contribution in [0.3, 0.4) is 0 Å². The summed E-state index contributed by atoms with van der Waals surface area (Å²) in [5.41, 5.74) is 3.15. The predicted octanol–water partition coefficient (Wildman–Crippen LogP) is 4.91. The van der Waals surface area contributed by atoms with E-state index in [9.17, 15) is 15.0 Å². The zero-order valence-corrected chi connectivity index (χ0v) is 17.8. The Balaban J connectivity index is 1.68. The highest BCUT2D eigenvalue weighted by Crippen LogP contribution is 2.44. The molecule has 1 amide bonds. The third-order valence-corrected chi connectivity index (χ3v) is 6.26. The number of aromatic hydroxyl groups is 2. The fourth-order valence-electron chi connectivity index (χ4n) is 4.06. The van der Waals surface area contributed by atoms with Crippen molar-refractivity contribution >= 4 is 22.5 Å². The molecule has 1 unspecified atom stereocenters. The van der Waals surface area contributed by atoms with Crippen LogP contribution in [-0.4, -0.2) is 26.3 Å². The molecule has 2 heterocycles. The Labute approximate surface area is 174 Å². The Bertz CT molecular complexity index is 1230. The number of aryl methyl sites for hydroxylation is 1. The molecular formula is C23H25N3O4. The highest BCUT2D eigenvalue weighted by Gasteiger charge is 2.41. The Morgan fingerprint density at radius 2 is 1.83 bits per heavy atom. The average Bonchev–Trinajstić information content (AvgIpc) is 2.99. The van der Waals surface area contributed by atoms with E-state index >= 15 is 0 Å². The summed E-state index contributed by atoms with van der Waals surface area (Å²) in [7, 11) is 1.73. The number of amides is 1. The van der Waals surface area contributed by atoms with Gasteiger partial charge in [-0.1, -0.05) is 18.2 Å². The van der Waals surface area contributed by atoms with Crippen molar-refractivity contribution in [3.05, 3.63) is 46.5 Å². The van der Waals surface area contributed by atoms with E-state index in [1.54, 1.807) is 18.5 Å². The second-order valence-corrected chi connectivity index (χ2v) is 8.12. The maximum Gasteiger partial charge on any atom is 0.307 e. The van der Waals surface area contributed by atoms with Crippen molar-refractivity contribution < 1.29 is 19.7 Å². The molecule has 4 rings (SSSR count). The Morgan fingerprint density at radius 3 is 2.57 bits per heavy atom. The fourth-order valence-corrected chi connectivity index (χ4v) is 4.06. The molecule has 7 nitrogen and oxygen atoms in total. The molecule has 1 aromatic heterocycles. The molecule has 1 aliphatic heterocycles. The molecule has 7 heteroatoms. The minimum atomic E-state index is -1.17. The van der Waals surface area contributed by atoms with Gasteiger partial charge in [-0.2, -0.15) is 0 Å². The number of phenols is 1. The maximum absolute atomic E-state index is 13.0. The first-order chi connectivity index (χ1) is 14.2. The second kappa shape index (κ2) is 6.86. The normalized spacial score (nSPS) is 18.6. The summed E-state index contributed by atoms with van der Waals surface area (Å²) < 4.78 is 7.76. The van der Waals surface area contributed by atoms with Crippen molar-refractivity contribution in [1.29, 1.82) is 0 Å². The maximum atomic E-state index is 13.0. The van der Waals surface area contributed by atoms with Crippen molar-refractivity contribution in [2.75, 3.05) is 0 Å². The number of fused-ring (bicyclic) bond motifs is 2. The standard InChI is InChI=1S/C23H25N3O4/c1-12-13(2)20-15(14(3)19(12)27)10-11-23(4,30-20)22(29)25-24-18-16-8-6-7-9-17(16)26(5)21(18)28/h6-9,27-28H,10-11H2,1-5H3. The molecular weight excluding hydrogens is 382 g/mol. The van der Waals surface area contributed by atoms with Gasteiger partial charge in [-0.3, -0.25) is 4.79 Å². The number of nitrogens with zero attached hydrogens (tertiary/aromatic N) is 3. The van der Waals surface area contributed by atoms with E-state index in [0.717, 1.165) is 27.8 Å². The van der Waals surface area contributed by atoms with Crippen LogP contribution in [-0.2, 0) is 18.3 Å². The smallest absolute Gasteiger partial charge is 0.307 e. The van der Waals surface area contributed by atoms with Crippen LogP contribution >= 0.6 is 0 Å². The second-order valence-electron chi connectivity index (χ2n) is 8.12. The summed E-state index contributed by atoms with van der Waals surface area (Å²) in [6, 6.07) is 7.39. The monoisotopic (exact) mass is 407 g/mol. The van der Waals surface area contributed by atoms with Crippen molar-refractivity contribution in [2.45, 2.75) is 46.1 Å². The third kappa shape index (κ3) is 2.84. The van der Waals surface area contributed by atoms with Gasteiger partial charge in [-0.25, -0.2) is 0 Å². The minimum Gasteiger partial charge on any atom is -0.507 e. The summed E-state index contributed by atoms with van der Waals surface area (Å²) in [6.07, 6.45) is 1.01. The number of hydrogen-bond acceptors (Lipinski definition) is 5. The first kappa shape index (κ1) is 19.9. The molecule has 1 aliphatic rings. The fraction of sp³-hybridized carbons (Fsp3) is 0.348. The molecule has 2 N–H and O–H groups in total. The van der Waals surface area contributed by atoms with E-state index in [1.165, 1.54) is 0 Å². The Kier molecular flexibility index (Phi) is 4.56. The number of hydrogen-bond donors (Lipinski definition) is 2. The molecule has 0 bridgehead atoms. The van der Waals surface area contributed by atoms with Crippen LogP contribution in [0.25, 0.3) is 10.9 Å². The Morgan fingerprint density at radius 1 is 1.13 bits per heavy atom. The molecule has 0 saturated carbocycles. The number of carbonyl (C=O) groups excluding carboxylic acids is 1. The summed E-state index contributed by atoms with van der Waals surface area (Å²) in [5.74, 6) is 0.345. The van der Waals surface area contributed by atoms with Crippen LogP contribution in [0.5, 0.6) is 17.4 Å². The quantitative estimate of drug-likeness (QED) is 0.590. The molecule has 0 radical (unpaired) electrons. The number of aromatic nitrogens is 1. The van der Waals surface area contributed by atoms with Crippen molar-refractivity contribution in [3.8, 4) is 17.4 Å². The highest BCUT2D eigenvalue weighted by molar-refractivity contribution is 5.95. The summed E-state index contributed by atoms with van der Waals surface area (Å²) in [5, 5.41) is 29.5. The van der Waals surface area contributed by atoms with Crippen LogP contribution in [0.15, 0.2) is 34.5 Å². The largest absolute Gasteiger partial charge is 0.507 e. The van der Waals surface area contributed by atoms with Crippen molar-refractivity contribution in [2.24, 2.45) is 17.3 Å². The van der Waals surface area contributed by atoms with E-state index < -0.39 is 11.5 Å². The van der Waals surface area contributed by atoms with E-state index in [2.05, 4.69) is 10.2 Å². The third-order valence-electron chi connectivity index (χ3n) is 6.26. The van der Waals surface area contributed by atoms with Gasteiger partial charge >= 0.3 is 5.91 Å².